The highest BCUT2D eigenvalue weighted by Gasteiger charge is 2.34. The van der Waals surface area contributed by atoms with Crippen molar-refractivity contribution in [3.63, 3.8) is 0 Å². The normalized spacial score (nSPS) is 22.3. The van der Waals surface area contributed by atoms with Gasteiger partial charge in [0.2, 0.25) is 5.91 Å². The molecule has 1 atom stereocenters. The molecule has 1 aromatic rings. The van der Waals surface area contributed by atoms with Gasteiger partial charge in [0.15, 0.2) is 0 Å². The summed E-state index contributed by atoms with van der Waals surface area (Å²) in [4.78, 5) is 34.8. The van der Waals surface area contributed by atoms with Crippen molar-refractivity contribution < 1.29 is 14.3 Å². The van der Waals surface area contributed by atoms with E-state index in [-0.39, 0.29) is 24.0 Å². The number of carbonyl (C=O) groups is 2. The summed E-state index contributed by atoms with van der Waals surface area (Å²) in [5.41, 5.74) is 1.96. The zero-order valence-corrected chi connectivity index (χ0v) is 21.1. The molecule has 3 aliphatic heterocycles. The summed E-state index contributed by atoms with van der Waals surface area (Å²) in [7, 11) is 0. The number of nitrogens with zero attached hydrogens (tertiary/aromatic N) is 4. The molecule has 3 heterocycles. The van der Waals surface area contributed by atoms with Gasteiger partial charge in [0, 0.05) is 58.3 Å². The van der Waals surface area contributed by atoms with Crippen LogP contribution in [0.2, 0.25) is 0 Å². The maximum Gasteiger partial charge on any atom is 0.324 e. The van der Waals surface area contributed by atoms with Gasteiger partial charge < -0.3 is 19.9 Å². The number of anilines is 1. The van der Waals surface area contributed by atoms with Gasteiger partial charge in [-0.3, -0.25) is 14.6 Å². The Morgan fingerprint density at radius 2 is 1.74 bits per heavy atom. The SMILES string of the molecule is CC[C@H]1CN(C(=O)N2CCC(C(=O)NCCN3CCN(CC)CC3)CC2)c2cc(C)ccc2O1. The summed E-state index contributed by atoms with van der Waals surface area (Å²) in [5, 5.41) is 3.14. The van der Waals surface area contributed by atoms with Crippen molar-refractivity contribution in [1.29, 1.82) is 0 Å². The number of hydrogen-bond donors (Lipinski definition) is 1. The number of rotatable bonds is 6. The molecule has 4 rings (SSSR count). The average molecular weight is 472 g/mol. The van der Waals surface area contributed by atoms with Crippen LogP contribution in [-0.4, -0.2) is 98.2 Å². The Kier molecular flexibility index (Phi) is 8.32. The summed E-state index contributed by atoms with van der Waals surface area (Å²) < 4.78 is 6.07. The Morgan fingerprint density at radius 1 is 1.03 bits per heavy atom. The second-order valence-electron chi connectivity index (χ2n) is 9.84. The minimum atomic E-state index is -0.0106. The molecule has 0 aromatic heterocycles. The molecule has 0 saturated carbocycles. The molecule has 0 spiro atoms. The molecule has 1 N–H and O–H groups in total. The van der Waals surface area contributed by atoms with Gasteiger partial charge in [-0.15, -0.1) is 0 Å². The van der Waals surface area contributed by atoms with Crippen LogP contribution in [0, 0.1) is 12.8 Å². The largest absolute Gasteiger partial charge is 0.486 e. The van der Waals surface area contributed by atoms with Crippen LogP contribution in [0.3, 0.4) is 0 Å². The number of piperazine rings is 1. The van der Waals surface area contributed by atoms with Crippen molar-refractivity contribution in [2.45, 2.75) is 46.1 Å². The minimum absolute atomic E-state index is 0.00687. The number of likely N-dealkylation sites (tertiary alicyclic amines) is 1. The fraction of sp³-hybridized carbons (Fsp3) is 0.692. The summed E-state index contributed by atoms with van der Waals surface area (Å²) in [6.45, 7) is 15.2. The average Bonchev–Trinajstić information content (AvgIpc) is 2.88. The fourth-order valence-electron chi connectivity index (χ4n) is 5.16. The molecular weight excluding hydrogens is 430 g/mol. The molecule has 0 bridgehead atoms. The fourth-order valence-corrected chi connectivity index (χ4v) is 5.16. The predicted molar refractivity (Wildman–Crippen MR) is 134 cm³/mol. The Morgan fingerprint density at radius 3 is 2.41 bits per heavy atom. The summed E-state index contributed by atoms with van der Waals surface area (Å²) in [5.74, 6) is 0.906. The molecule has 34 heavy (non-hydrogen) atoms. The first-order valence-electron chi connectivity index (χ1n) is 13.0. The number of aryl methyl sites for hydroxylation is 1. The molecule has 3 aliphatic rings. The number of benzene rings is 1. The van der Waals surface area contributed by atoms with Crippen molar-refractivity contribution >= 4 is 17.6 Å². The number of ether oxygens (including phenoxy) is 1. The van der Waals surface area contributed by atoms with E-state index in [4.69, 9.17) is 4.74 Å². The second-order valence-corrected chi connectivity index (χ2v) is 9.84. The Labute approximate surface area is 204 Å². The lowest BCUT2D eigenvalue weighted by molar-refractivity contribution is -0.126. The van der Waals surface area contributed by atoms with Crippen molar-refractivity contribution in [2.24, 2.45) is 5.92 Å². The number of likely N-dealkylation sites (N-methyl/N-ethyl adjacent to an activating group) is 1. The number of carbonyl (C=O) groups excluding carboxylic acids is 2. The van der Waals surface area contributed by atoms with E-state index in [1.165, 1.54) is 0 Å². The van der Waals surface area contributed by atoms with Crippen LogP contribution in [0.5, 0.6) is 5.75 Å². The Bertz CT molecular complexity index is 847. The van der Waals surface area contributed by atoms with E-state index < -0.39 is 0 Å². The lowest BCUT2D eigenvalue weighted by Crippen LogP contribution is -2.52. The summed E-state index contributed by atoms with van der Waals surface area (Å²) in [6, 6.07) is 6.04. The van der Waals surface area contributed by atoms with Crippen LogP contribution in [0.15, 0.2) is 18.2 Å². The predicted octanol–water partition coefficient (Wildman–Crippen LogP) is 2.56. The molecular formula is C26H41N5O3. The van der Waals surface area contributed by atoms with Crippen LogP contribution in [-0.2, 0) is 4.79 Å². The Balaban J connectivity index is 1.25. The number of nitrogens with one attached hydrogen (secondary N) is 1. The molecule has 2 saturated heterocycles. The number of hydrogen-bond acceptors (Lipinski definition) is 5. The zero-order chi connectivity index (χ0) is 24.1. The lowest BCUT2D eigenvalue weighted by Gasteiger charge is -2.39. The molecule has 1 aromatic carbocycles. The van der Waals surface area contributed by atoms with E-state index in [0.29, 0.717) is 26.2 Å². The van der Waals surface area contributed by atoms with Gasteiger partial charge >= 0.3 is 6.03 Å². The molecule has 8 heteroatoms. The van der Waals surface area contributed by atoms with Gasteiger partial charge in [-0.2, -0.15) is 0 Å². The number of amides is 3. The molecule has 3 amide bonds. The van der Waals surface area contributed by atoms with Gasteiger partial charge in [0.25, 0.3) is 0 Å². The van der Waals surface area contributed by atoms with E-state index in [9.17, 15) is 9.59 Å². The van der Waals surface area contributed by atoms with E-state index in [1.54, 1.807) is 0 Å². The summed E-state index contributed by atoms with van der Waals surface area (Å²) in [6.07, 6.45) is 2.30. The summed E-state index contributed by atoms with van der Waals surface area (Å²) >= 11 is 0. The van der Waals surface area contributed by atoms with Crippen molar-refractivity contribution in [3.8, 4) is 5.75 Å². The van der Waals surface area contributed by atoms with Gasteiger partial charge in [0.1, 0.15) is 11.9 Å². The molecule has 2 fully saturated rings. The van der Waals surface area contributed by atoms with Crippen LogP contribution in [0.25, 0.3) is 0 Å². The van der Waals surface area contributed by atoms with Crippen LogP contribution in [0.1, 0.15) is 38.7 Å². The zero-order valence-electron chi connectivity index (χ0n) is 21.1. The van der Waals surface area contributed by atoms with Crippen molar-refractivity contribution in [1.82, 2.24) is 20.0 Å². The first kappa shape index (κ1) is 24.8. The van der Waals surface area contributed by atoms with E-state index in [0.717, 1.165) is 75.5 Å². The smallest absolute Gasteiger partial charge is 0.324 e. The first-order chi connectivity index (χ1) is 16.5. The lowest BCUT2D eigenvalue weighted by atomic mass is 9.96. The maximum atomic E-state index is 13.4. The third-order valence-corrected chi connectivity index (χ3v) is 7.55. The number of fused-ring (bicyclic) bond motifs is 1. The van der Waals surface area contributed by atoms with Crippen LogP contribution >= 0.6 is 0 Å². The third kappa shape index (κ3) is 5.84. The van der Waals surface area contributed by atoms with Crippen molar-refractivity contribution in [3.05, 3.63) is 23.8 Å². The third-order valence-electron chi connectivity index (χ3n) is 7.55. The Hall–Kier alpha value is -2.32. The van der Waals surface area contributed by atoms with E-state index in [2.05, 4.69) is 29.0 Å². The highest BCUT2D eigenvalue weighted by Crippen LogP contribution is 2.36. The van der Waals surface area contributed by atoms with Gasteiger partial charge in [-0.1, -0.05) is 19.9 Å². The number of urea groups is 1. The second kappa shape index (κ2) is 11.4. The highest BCUT2D eigenvalue weighted by molar-refractivity contribution is 5.94. The molecule has 0 aliphatic carbocycles. The molecule has 188 valence electrons. The quantitative estimate of drug-likeness (QED) is 0.691. The van der Waals surface area contributed by atoms with Gasteiger partial charge in [-0.05, 0) is 50.4 Å². The van der Waals surface area contributed by atoms with E-state index in [1.807, 2.05) is 34.9 Å². The monoisotopic (exact) mass is 471 g/mol. The van der Waals surface area contributed by atoms with Crippen LogP contribution in [0.4, 0.5) is 10.5 Å². The standard InChI is InChI=1S/C26H41N5O3/c1-4-22-19-31(23-18-20(3)6-7-24(23)34-22)26(33)30-11-8-21(9-12-30)25(32)27-10-13-29-16-14-28(5-2)15-17-29/h6-7,18,21-22H,4-5,8-17,19H2,1-3H3,(H,27,32)/t22-/m0/s1. The molecule has 8 nitrogen and oxygen atoms in total. The first-order valence-corrected chi connectivity index (χ1v) is 13.0. The molecule has 0 unspecified atom stereocenters. The number of piperidine rings is 1. The van der Waals surface area contributed by atoms with Gasteiger partial charge in [-0.25, -0.2) is 4.79 Å². The van der Waals surface area contributed by atoms with E-state index >= 15 is 0 Å². The topological polar surface area (TPSA) is 68.4 Å². The van der Waals surface area contributed by atoms with Crippen molar-refractivity contribution in [2.75, 3.05) is 70.3 Å². The van der Waals surface area contributed by atoms with Gasteiger partial charge in [0.05, 0.1) is 12.2 Å². The minimum Gasteiger partial charge on any atom is -0.486 e. The highest BCUT2D eigenvalue weighted by atomic mass is 16.5. The maximum absolute atomic E-state index is 13.4. The molecule has 0 radical (unpaired) electrons. The van der Waals surface area contributed by atoms with Crippen LogP contribution < -0.4 is 15.0 Å².